The molecule has 0 aliphatic rings. The zero-order chi connectivity index (χ0) is 25.1. The Morgan fingerprint density at radius 2 is 1.67 bits per heavy atom. The predicted octanol–water partition coefficient (Wildman–Crippen LogP) is 5.68. The molecule has 0 aliphatic heterocycles. The van der Waals surface area contributed by atoms with Gasteiger partial charge in [-0.1, -0.05) is 48.5 Å². The van der Waals surface area contributed by atoms with Crippen LogP contribution in [0, 0.1) is 19.7 Å². The maximum atomic E-state index is 13.8. The van der Waals surface area contributed by atoms with Crippen molar-refractivity contribution in [3.63, 3.8) is 0 Å². The summed E-state index contributed by atoms with van der Waals surface area (Å²) in [5.74, 6) is 0.308. The predicted molar refractivity (Wildman–Crippen MR) is 139 cm³/mol. The van der Waals surface area contributed by atoms with Gasteiger partial charge in [0, 0.05) is 12.6 Å². The number of carbonyl (C=O) groups is 1. The molecule has 0 radical (unpaired) electrons. The van der Waals surface area contributed by atoms with Crippen LogP contribution >= 0.6 is 0 Å². The van der Waals surface area contributed by atoms with E-state index in [2.05, 4.69) is 36.3 Å². The number of amides is 1. The van der Waals surface area contributed by atoms with Gasteiger partial charge in [-0.05, 0) is 72.5 Å². The van der Waals surface area contributed by atoms with E-state index in [-0.39, 0.29) is 11.7 Å². The number of fused-ring (bicyclic) bond motifs is 1. The molecule has 1 atom stereocenters. The molecule has 1 N–H and O–H groups in total. The van der Waals surface area contributed by atoms with E-state index in [0.717, 1.165) is 44.8 Å². The highest BCUT2D eigenvalue weighted by molar-refractivity contribution is 5.87. The lowest BCUT2D eigenvalue weighted by atomic mass is 10.0. The van der Waals surface area contributed by atoms with Gasteiger partial charge < -0.3 is 9.88 Å². The van der Waals surface area contributed by atoms with E-state index in [1.54, 1.807) is 18.3 Å². The average Bonchev–Trinajstić information content (AvgIpc) is 3.22. The molecule has 0 unspecified atom stereocenters. The maximum absolute atomic E-state index is 13.8. The number of aromatic nitrogens is 3. The van der Waals surface area contributed by atoms with Gasteiger partial charge in [0.15, 0.2) is 0 Å². The van der Waals surface area contributed by atoms with Gasteiger partial charge >= 0.3 is 0 Å². The van der Waals surface area contributed by atoms with Crippen LogP contribution in [0.2, 0.25) is 0 Å². The number of imidazole rings is 1. The first-order chi connectivity index (χ1) is 17.5. The van der Waals surface area contributed by atoms with Crippen molar-refractivity contribution in [3.8, 4) is 0 Å². The van der Waals surface area contributed by atoms with Crippen molar-refractivity contribution in [1.29, 1.82) is 0 Å². The molecule has 0 fully saturated rings. The van der Waals surface area contributed by atoms with Crippen LogP contribution in [0.25, 0.3) is 11.0 Å². The van der Waals surface area contributed by atoms with E-state index < -0.39 is 6.04 Å². The quantitative estimate of drug-likeness (QED) is 0.327. The molecule has 0 spiro atoms. The van der Waals surface area contributed by atoms with Crippen molar-refractivity contribution in [2.24, 2.45) is 0 Å². The highest BCUT2D eigenvalue weighted by Gasteiger charge is 2.27. The molecule has 3 aromatic carbocycles. The molecule has 180 valence electrons. The number of pyridine rings is 1. The third-order valence-corrected chi connectivity index (χ3v) is 6.45. The first-order valence-corrected chi connectivity index (χ1v) is 11.9. The topological polar surface area (TPSA) is 59.8 Å². The third kappa shape index (κ3) is 4.89. The number of aryl methyl sites for hydroxylation is 2. The van der Waals surface area contributed by atoms with Gasteiger partial charge in [-0.2, -0.15) is 0 Å². The fourth-order valence-electron chi connectivity index (χ4n) is 4.43. The molecule has 36 heavy (non-hydrogen) atoms. The van der Waals surface area contributed by atoms with E-state index in [0.29, 0.717) is 13.0 Å². The number of hydrogen-bond acceptors (Lipinski definition) is 3. The molecular formula is C30H27FN4O. The number of halogens is 1. The number of nitrogens with zero attached hydrogens (tertiary/aromatic N) is 3. The van der Waals surface area contributed by atoms with Crippen LogP contribution in [-0.4, -0.2) is 20.4 Å². The Kier molecular flexibility index (Phi) is 6.58. The molecule has 5 aromatic rings. The van der Waals surface area contributed by atoms with Crippen molar-refractivity contribution < 1.29 is 9.18 Å². The van der Waals surface area contributed by atoms with Crippen LogP contribution in [0.4, 0.5) is 4.39 Å². The highest BCUT2D eigenvalue weighted by Crippen LogP contribution is 2.30. The summed E-state index contributed by atoms with van der Waals surface area (Å²) in [4.78, 5) is 23.1. The Bertz CT molecular complexity index is 1500. The summed E-state index contributed by atoms with van der Waals surface area (Å²) in [6, 6.07) is 25.3. The zero-order valence-corrected chi connectivity index (χ0v) is 20.3. The Balaban J connectivity index is 1.63. The second-order valence-electron chi connectivity index (χ2n) is 8.98. The van der Waals surface area contributed by atoms with Crippen molar-refractivity contribution in [2.45, 2.75) is 32.9 Å². The SMILES string of the molecule is Cc1cc2nc(Cc3ccc(F)cc3)n([C@H](C(=O)NCc3ccccn3)c3ccccc3)c2cc1C. The van der Waals surface area contributed by atoms with Crippen molar-refractivity contribution in [1.82, 2.24) is 19.9 Å². The standard InChI is InChI=1S/C30H27FN4O/c1-20-16-26-27(17-21(20)2)35(28(34-26)18-22-11-13-24(31)14-12-22)29(23-8-4-3-5-9-23)30(36)33-19-25-10-6-7-15-32-25/h3-17,29H,18-19H2,1-2H3,(H,33,36)/t29-/m0/s1. The average molecular weight is 479 g/mol. The Morgan fingerprint density at radius 3 is 2.39 bits per heavy atom. The van der Waals surface area contributed by atoms with E-state index >= 15 is 0 Å². The number of benzene rings is 3. The number of carbonyl (C=O) groups excluding carboxylic acids is 1. The lowest BCUT2D eigenvalue weighted by Crippen LogP contribution is -2.34. The normalized spacial score (nSPS) is 12.0. The lowest BCUT2D eigenvalue weighted by Gasteiger charge is -2.22. The van der Waals surface area contributed by atoms with Crippen molar-refractivity contribution in [2.75, 3.05) is 0 Å². The van der Waals surface area contributed by atoms with Gasteiger partial charge in [0.25, 0.3) is 0 Å². The molecule has 2 heterocycles. The summed E-state index contributed by atoms with van der Waals surface area (Å²) < 4.78 is 15.6. The molecule has 2 aromatic heterocycles. The van der Waals surface area contributed by atoms with Crippen LogP contribution in [0.3, 0.4) is 0 Å². The highest BCUT2D eigenvalue weighted by atomic mass is 19.1. The van der Waals surface area contributed by atoms with Crippen molar-refractivity contribution in [3.05, 3.63) is 131 Å². The fourth-order valence-corrected chi connectivity index (χ4v) is 4.43. The van der Waals surface area contributed by atoms with Crippen LogP contribution in [0.15, 0.2) is 91.1 Å². The van der Waals surface area contributed by atoms with E-state index in [9.17, 15) is 9.18 Å². The number of rotatable bonds is 7. The molecule has 0 aliphatic carbocycles. The molecule has 0 saturated heterocycles. The fraction of sp³-hybridized carbons (Fsp3) is 0.167. The van der Waals surface area contributed by atoms with Gasteiger partial charge in [0.05, 0.1) is 23.3 Å². The minimum Gasteiger partial charge on any atom is -0.348 e. The van der Waals surface area contributed by atoms with Gasteiger partial charge in [0.1, 0.15) is 17.7 Å². The summed E-state index contributed by atoms with van der Waals surface area (Å²) in [6.45, 7) is 4.44. The van der Waals surface area contributed by atoms with Crippen LogP contribution < -0.4 is 5.32 Å². The first kappa shape index (κ1) is 23.4. The summed E-state index contributed by atoms with van der Waals surface area (Å²) in [6.07, 6.45) is 2.18. The molecular weight excluding hydrogens is 451 g/mol. The summed E-state index contributed by atoms with van der Waals surface area (Å²) in [7, 11) is 0. The minimum absolute atomic E-state index is 0.148. The van der Waals surface area contributed by atoms with Crippen LogP contribution in [0.5, 0.6) is 0 Å². The van der Waals surface area contributed by atoms with E-state index in [1.807, 2.05) is 53.1 Å². The van der Waals surface area contributed by atoms with Gasteiger partial charge in [0.2, 0.25) is 5.91 Å². The van der Waals surface area contributed by atoms with Gasteiger partial charge in [-0.15, -0.1) is 0 Å². The van der Waals surface area contributed by atoms with Crippen LogP contribution in [0.1, 0.15) is 39.8 Å². The maximum Gasteiger partial charge on any atom is 0.248 e. The second-order valence-corrected chi connectivity index (χ2v) is 8.98. The summed E-state index contributed by atoms with van der Waals surface area (Å²) in [5, 5.41) is 3.08. The number of nitrogens with one attached hydrogen (secondary N) is 1. The van der Waals surface area contributed by atoms with Gasteiger partial charge in [-0.3, -0.25) is 9.78 Å². The van der Waals surface area contributed by atoms with E-state index in [1.165, 1.54) is 12.1 Å². The molecule has 1 amide bonds. The Morgan fingerprint density at radius 1 is 0.944 bits per heavy atom. The van der Waals surface area contributed by atoms with Gasteiger partial charge in [-0.25, -0.2) is 9.37 Å². The molecule has 5 nitrogen and oxygen atoms in total. The Labute approximate surface area is 209 Å². The monoisotopic (exact) mass is 478 g/mol. The van der Waals surface area contributed by atoms with E-state index in [4.69, 9.17) is 4.98 Å². The molecule has 0 saturated carbocycles. The largest absolute Gasteiger partial charge is 0.348 e. The Hall–Kier alpha value is -4.32. The number of hydrogen-bond donors (Lipinski definition) is 1. The smallest absolute Gasteiger partial charge is 0.248 e. The summed E-state index contributed by atoms with van der Waals surface area (Å²) >= 11 is 0. The first-order valence-electron chi connectivity index (χ1n) is 11.9. The minimum atomic E-state index is -0.641. The zero-order valence-electron chi connectivity index (χ0n) is 20.3. The van der Waals surface area contributed by atoms with Crippen molar-refractivity contribution >= 4 is 16.9 Å². The van der Waals surface area contributed by atoms with Crippen LogP contribution in [-0.2, 0) is 17.8 Å². The summed E-state index contributed by atoms with van der Waals surface area (Å²) in [5.41, 5.74) is 6.53. The third-order valence-electron chi connectivity index (χ3n) is 6.45. The molecule has 5 rings (SSSR count). The second kappa shape index (κ2) is 10.1. The lowest BCUT2D eigenvalue weighted by molar-refractivity contribution is -0.123. The molecule has 0 bridgehead atoms. The molecule has 6 heteroatoms.